The van der Waals surface area contributed by atoms with Gasteiger partial charge in [0.1, 0.15) is 6.61 Å². The minimum atomic E-state index is -1.75. The van der Waals surface area contributed by atoms with E-state index in [4.69, 9.17) is 4.74 Å². The zero-order chi connectivity index (χ0) is 15.0. The predicted molar refractivity (Wildman–Crippen MR) is 80.6 cm³/mol. The first-order valence-corrected chi connectivity index (χ1v) is 6.78. The van der Waals surface area contributed by atoms with Crippen molar-refractivity contribution in [2.24, 2.45) is 0 Å². The first-order chi connectivity index (χ1) is 10.0. The van der Waals surface area contributed by atoms with Crippen molar-refractivity contribution in [3.05, 3.63) is 71.8 Å². The summed E-state index contributed by atoms with van der Waals surface area (Å²) in [5.74, 6) is -0.664. The van der Waals surface area contributed by atoms with E-state index in [1.54, 1.807) is 19.1 Å². The second kappa shape index (κ2) is 4.86. The van der Waals surface area contributed by atoms with Gasteiger partial charge in [0.05, 0.1) is 0 Å². The van der Waals surface area contributed by atoms with Crippen LogP contribution >= 0.6 is 0 Å². The van der Waals surface area contributed by atoms with Gasteiger partial charge in [-0.05, 0) is 23.6 Å². The van der Waals surface area contributed by atoms with Crippen molar-refractivity contribution in [2.45, 2.75) is 12.5 Å². The monoisotopic (exact) mass is 280 g/mol. The summed E-state index contributed by atoms with van der Waals surface area (Å²) in [7, 11) is 0. The number of aliphatic hydroxyl groups is 1. The van der Waals surface area contributed by atoms with Crippen molar-refractivity contribution < 1.29 is 14.6 Å². The summed E-state index contributed by atoms with van der Waals surface area (Å²) in [6.45, 7) is 5.58. The van der Waals surface area contributed by atoms with Crippen molar-refractivity contribution in [3.63, 3.8) is 0 Å². The van der Waals surface area contributed by atoms with Gasteiger partial charge in [0.15, 0.2) is 0 Å². The minimum Gasteiger partial charge on any atom is -0.459 e. The lowest BCUT2D eigenvalue weighted by atomic mass is 9.91. The van der Waals surface area contributed by atoms with Crippen LogP contribution in [0.2, 0.25) is 0 Å². The number of rotatable bonds is 3. The van der Waals surface area contributed by atoms with Crippen molar-refractivity contribution in [3.8, 4) is 11.1 Å². The molecule has 0 spiro atoms. The van der Waals surface area contributed by atoms with E-state index in [0.717, 1.165) is 16.7 Å². The number of fused-ring (bicyclic) bond motifs is 3. The Morgan fingerprint density at radius 3 is 2.05 bits per heavy atom. The molecule has 106 valence electrons. The van der Waals surface area contributed by atoms with Gasteiger partial charge in [0.2, 0.25) is 5.60 Å². The SMILES string of the molecule is C=C(C)COC(=O)C1(O)c2ccccc2-c2ccccc21. The molecule has 1 aliphatic rings. The lowest BCUT2D eigenvalue weighted by Crippen LogP contribution is -2.37. The van der Waals surface area contributed by atoms with Crippen LogP contribution in [0.25, 0.3) is 11.1 Å². The lowest BCUT2D eigenvalue weighted by molar-refractivity contribution is -0.160. The normalized spacial score (nSPS) is 14.2. The van der Waals surface area contributed by atoms with Crippen LogP contribution in [0.3, 0.4) is 0 Å². The molecule has 0 amide bonds. The van der Waals surface area contributed by atoms with Gasteiger partial charge in [-0.15, -0.1) is 0 Å². The maximum atomic E-state index is 12.5. The molecule has 0 saturated heterocycles. The fourth-order valence-corrected chi connectivity index (χ4v) is 2.73. The van der Waals surface area contributed by atoms with E-state index < -0.39 is 11.6 Å². The summed E-state index contributed by atoms with van der Waals surface area (Å²) in [6.07, 6.45) is 0. The molecule has 0 unspecified atom stereocenters. The zero-order valence-electron chi connectivity index (χ0n) is 11.8. The van der Waals surface area contributed by atoms with Crippen LogP contribution in [-0.4, -0.2) is 17.7 Å². The highest BCUT2D eigenvalue weighted by Gasteiger charge is 2.48. The Kier molecular flexibility index (Phi) is 3.15. The number of carbonyl (C=O) groups excluding carboxylic acids is 1. The van der Waals surface area contributed by atoms with Gasteiger partial charge in [-0.3, -0.25) is 0 Å². The van der Waals surface area contributed by atoms with Crippen LogP contribution in [0.1, 0.15) is 18.1 Å². The molecule has 0 fully saturated rings. The summed E-state index contributed by atoms with van der Waals surface area (Å²) in [4.78, 5) is 12.5. The van der Waals surface area contributed by atoms with Crippen molar-refractivity contribution in [1.82, 2.24) is 0 Å². The molecule has 0 bridgehead atoms. The van der Waals surface area contributed by atoms with Crippen LogP contribution in [0.5, 0.6) is 0 Å². The smallest absolute Gasteiger partial charge is 0.348 e. The summed E-state index contributed by atoms with van der Waals surface area (Å²) >= 11 is 0. The number of benzene rings is 2. The van der Waals surface area contributed by atoms with Gasteiger partial charge in [0.25, 0.3) is 0 Å². The second-order valence-corrected chi connectivity index (χ2v) is 5.33. The third-order valence-corrected chi connectivity index (χ3v) is 3.67. The molecule has 1 N–H and O–H groups in total. The van der Waals surface area contributed by atoms with Crippen LogP contribution in [0.4, 0.5) is 0 Å². The van der Waals surface area contributed by atoms with Gasteiger partial charge in [-0.25, -0.2) is 4.79 Å². The fraction of sp³-hybridized carbons (Fsp3) is 0.167. The highest BCUT2D eigenvalue weighted by Crippen LogP contribution is 2.47. The molecule has 21 heavy (non-hydrogen) atoms. The van der Waals surface area contributed by atoms with Gasteiger partial charge >= 0.3 is 5.97 Å². The first kappa shape index (κ1) is 13.6. The van der Waals surface area contributed by atoms with Crippen molar-refractivity contribution in [1.29, 1.82) is 0 Å². The maximum Gasteiger partial charge on any atom is 0.348 e. The first-order valence-electron chi connectivity index (χ1n) is 6.78. The summed E-state index contributed by atoms with van der Waals surface area (Å²) in [5, 5.41) is 11.1. The van der Waals surface area contributed by atoms with E-state index in [9.17, 15) is 9.90 Å². The van der Waals surface area contributed by atoms with E-state index in [0.29, 0.717) is 11.1 Å². The molecule has 0 radical (unpaired) electrons. The Balaban J connectivity index is 2.13. The molecule has 0 atom stereocenters. The number of hydrogen-bond acceptors (Lipinski definition) is 3. The second-order valence-electron chi connectivity index (χ2n) is 5.33. The van der Waals surface area contributed by atoms with Gasteiger partial charge in [-0.1, -0.05) is 55.1 Å². The number of hydrogen-bond donors (Lipinski definition) is 1. The zero-order valence-corrected chi connectivity index (χ0v) is 11.8. The third kappa shape index (κ3) is 1.98. The summed E-state index contributed by atoms with van der Waals surface area (Å²) in [5.41, 5.74) is 1.84. The molecule has 0 heterocycles. The van der Waals surface area contributed by atoms with E-state index in [-0.39, 0.29) is 6.61 Å². The molecular weight excluding hydrogens is 264 g/mol. The van der Waals surface area contributed by atoms with Crippen LogP contribution in [0, 0.1) is 0 Å². The molecule has 0 saturated carbocycles. The molecule has 1 aliphatic carbocycles. The highest BCUT2D eigenvalue weighted by molar-refractivity contribution is 5.96. The Bertz CT molecular complexity index is 685. The van der Waals surface area contributed by atoms with Crippen molar-refractivity contribution >= 4 is 5.97 Å². The lowest BCUT2D eigenvalue weighted by Gasteiger charge is -2.23. The highest BCUT2D eigenvalue weighted by atomic mass is 16.5. The number of esters is 1. The third-order valence-electron chi connectivity index (χ3n) is 3.67. The molecule has 0 aromatic heterocycles. The average Bonchev–Trinajstić information content (AvgIpc) is 2.77. The largest absolute Gasteiger partial charge is 0.459 e. The Morgan fingerprint density at radius 1 is 1.10 bits per heavy atom. The Labute approximate surface area is 123 Å². The average molecular weight is 280 g/mol. The quantitative estimate of drug-likeness (QED) is 0.694. The number of ether oxygens (including phenoxy) is 1. The molecule has 2 aromatic rings. The van der Waals surface area contributed by atoms with Gasteiger partial charge < -0.3 is 9.84 Å². The Morgan fingerprint density at radius 2 is 1.57 bits per heavy atom. The standard InChI is InChI=1S/C18H16O3/c1-12(2)11-21-17(19)18(20)15-9-5-3-7-13(15)14-8-4-6-10-16(14)18/h3-10,20H,1,11H2,2H3. The van der Waals surface area contributed by atoms with Crippen LogP contribution < -0.4 is 0 Å². The molecule has 0 aliphatic heterocycles. The van der Waals surface area contributed by atoms with Crippen molar-refractivity contribution in [2.75, 3.05) is 6.61 Å². The predicted octanol–water partition coefficient (Wildman–Crippen LogP) is 3.02. The van der Waals surface area contributed by atoms with Gasteiger partial charge in [0, 0.05) is 11.1 Å². The number of carbonyl (C=O) groups is 1. The molecular formula is C18H16O3. The van der Waals surface area contributed by atoms with E-state index in [1.165, 1.54) is 0 Å². The molecule has 3 nitrogen and oxygen atoms in total. The summed E-state index contributed by atoms with van der Waals surface area (Å²) in [6, 6.07) is 14.7. The van der Waals surface area contributed by atoms with Gasteiger partial charge in [-0.2, -0.15) is 0 Å². The topological polar surface area (TPSA) is 46.5 Å². The maximum absolute atomic E-state index is 12.5. The van der Waals surface area contributed by atoms with E-state index in [2.05, 4.69) is 6.58 Å². The molecule has 2 aromatic carbocycles. The minimum absolute atomic E-state index is 0.103. The van der Waals surface area contributed by atoms with Crippen LogP contribution in [0.15, 0.2) is 60.7 Å². The molecule has 3 heteroatoms. The summed E-state index contributed by atoms with van der Waals surface area (Å²) < 4.78 is 5.22. The van der Waals surface area contributed by atoms with E-state index >= 15 is 0 Å². The molecule has 3 rings (SSSR count). The van der Waals surface area contributed by atoms with E-state index in [1.807, 2.05) is 36.4 Å². The Hall–Kier alpha value is -2.39. The fourth-order valence-electron chi connectivity index (χ4n) is 2.73. The van der Waals surface area contributed by atoms with Crippen LogP contribution in [-0.2, 0) is 15.1 Å².